The molecule has 1 saturated heterocycles. The number of nitrogens with zero attached hydrogens (tertiary/aromatic N) is 1. The molecule has 2 unspecified atom stereocenters. The van der Waals surface area contributed by atoms with Crippen molar-refractivity contribution in [2.24, 2.45) is 11.7 Å². The number of rotatable bonds is 3. The van der Waals surface area contributed by atoms with Crippen molar-refractivity contribution in [1.29, 1.82) is 0 Å². The van der Waals surface area contributed by atoms with Crippen LogP contribution < -0.4 is 11.5 Å². The van der Waals surface area contributed by atoms with Crippen molar-refractivity contribution in [3.05, 3.63) is 22.7 Å². The average Bonchev–Trinajstić information content (AvgIpc) is 2.38. The Labute approximate surface area is 132 Å². The number of amides is 1. The second kappa shape index (κ2) is 5.94. The molecule has 2 atom stereocenters. The summed E-state index contributed by atoms with van der Waals surface area (Å²) in [4.78, 5) is 11.5. The quantitative estimate of drug-likeness (QED) is 0.776. The lowest BCUT2D eigenvalue weighted by atomic mass is 9.95. The molecule has 0 saturated carbocycles. The number of piperidine rings is 1. The molecule has 8 heteroatoms. The van der Waals surface area contributed by atoms with E-state index in [9.17, 15) is 13.2 Å². The lowest BCUT2D eigenvalue weighted by molar-refractivity contribution is -0.123. The van der Waals surface area contributed by atoms with Crippen molar-refractivity contribution in [1.82, 2.24) is 4.31 Å². The highest BCUT2D eigenvalue weighted by atomic mass is 79.9. The molecule has 1 heterocycles. The molecule has 116 valence electrons. The summed E-state index contributed by atoms with van der Waals surface area (Å²) in [5.41, 5.74) is 11.4. The molecule has 21 heavy (non-hydrogen) atoms. The fourth-order valence-electron chi connectivity index (χ4n) is 2.49. The van der Waals surface area contributed by atoms with Crippen LogP contribution in [0.3, 0.4) is 0 Å². The average molecular weight is 376 g/mol. The van der Waals surface area contributed by atoms with Gasteiger partial charge in [-0.1, -0.05) is 0 Å². The van der Waals surface area contributed by atoms with E-state index in [1.807, 2.05) is 6.92 Å². The summed E-state index contributed by atoms with van der Waals surface area (Å²) in [5, 5.41) is 0. The zero-order chi connectivity index (χ0) is 15.8. The molecule has 4 N–H and O–H groups in total. The van der Waals surface area contributed by atoms with Crippen LogP contribution in [0.25, 0.3) is 0 Å². The van der Waals surface area contributed by atoms with E-state index >= 15 is 0 Å². The maximum absolute atomic E-state index is 12.8. The molecule has 0 aromatic heterocycles. The van der Waals surface area contributed by atoms with Crippen LogP contribution >= 0.6 is 15.9 Å². The number of primary amides is 1. The Kier molecular flexibility index (Phi) is 4.60. The molecule has 1 aliphatic rings. The van der Waals surface area contributed by atoms with E-state index in [0.29, 0.717) is 23.0 Å². The number of hydrogen-bond donors (Lipinski definition) is 2. The molecule has 0 aliphatic carbocycles. The van der Waals surface area contributed by atoms with Crippen LogP contribution in [0.2, 0.25) is 0 Å². The highest BCUT2D eigenvalue weighted by molar-refractivity contribution is 9.10. The van der Waals surface area contributed by atoms with Gasteiger partial charge in [-0.2, -0.15) is 4.31 Å². The third kappa shape index (κ3) is 3.22. The number of sulfonamides is 1. The van der Waals surface area contributed by atoms with Crippen molar-refractivity contribution < 1.29 is 13.2 Å². The van der Waals surface area contributed by atoms with Crippen LogP contribution in [0.5, 0.6) is 0 Å². The maximum Gasteiger partial charge on any atom is 0.244 e. The Morgan fingerprint density at radius 2 is 2.05 bits per heavy atom. The normalized spacial score (nSPS) is 23.9. The standard InChI is InChI=1S/C13H18BrN3O3S/c1-8-2-3-9(13(16)18)7-17(8)21(19,20)12-5-4-10(15)6-11(12)14/h4-6,8-9H,2-3,7,15H2,1H3,(H2,16,18). The van der Waals surface area contributed by atoms with Crippen LogP contribution in [0.1, 0.15) is 19.8 Å². The van der Waals surface area contributed by atoms with Gasteiger partial charge in [-0.05, 0) is 53.9 Å². The highest BCUT2D eigenvalue weighted by Gasteiger charge is 2.37. The van der Waals surface area contributed by atoms with Crippen molar-refractivity contribution in [3.63, 3.8) is 0 Å². The lowest BCUT2D eigenvalue weighted by Gasteiger charge is -2.35. The fourth-order valence-corrected chi connectivity index (χ4v) is 5.26. The van der Waals surface area contributed by atoms with Crippen LogP contribution in [0.4, 0.5) is 5.69 Å². The summed E-state index contributed by atoms with van der Waals surface area (Å²) in [6.07, 6.45) is 1.23. The molecular formula is C13H18BrN3O3S. The molecular weight excluding hydrogens is 358 g/mol. The van der Waals surface area contributed by atoms with Crippen molar-refractivity contribution in [2.45, 2.75) is 30.7 Å². The molecule has 0 radical (unpaired) electrons. The Morgan fingerprint density at radius 3 is 2.62 bits per heavy atom. The van der Waals surface area contributed by atoms with Gasteiger partial charge in [0.1, 0.15) is 0 Å². The lowest BCUT2D eigenvalue weighted by Crippen LogP contribution is -2.48. The van der Waals surface area contributed by atoms with E-state index in [1.165, 1.54) is 16.4 Å². The minimum absolute atomic E-state index is 0.121. The van der Waals surface area contributed by atoms with Gasteiger partial charge in [0.25, 0.3) is 0 Å². The topological polar surface area (TPSA) is 106 Å². The summed E-state index contributed by atoms with van der Waals surface area (Å²) in [5.74, 6) is -0.901. The van der Waals surface area contributed by atoms with Gasteiger partial charge >= 0.3 is 0 Å². The highest BCUT2D eigenvalue weighted by Crippen LogP contribution is 2.32. The fraction of sp³-hybridized carbons (Fsp3) is 0.462. The maximum atomic E-state index is 12.8. The molecule has 0 spiro atoms. The predicted octanol–water partition coefficient (Wildman–Crippen LogP) is 1.31. The second-order valence-electron chi connectivity index (χ2n) is 5.29. The van der Waals surface area contributed by atoms with Gasteiger partial charge in [0.05, 0.1) is 10.8 Å². The number of halogens is 1. The Morgan fingerprint density at radius 1 is 1.38 bits per heavy atom. The van der Waals surface area contributed by atoms with Gasteiger partial charge in [0.2, 0.25) is 15.9 Å². The van der Waals surface area contributed by atoms with Crippen LogP contribution in [-0.2, 0) is 14.8 Å². The van der Waals surface area contributed by atoms with Gasteiger partial charge in [-0.25, -0.2) is 8.42 Å². The van der Waals surface area contributed by atoms with E-state index in [-0.39, 0.29) is 17.5 Å². The van der Waals surface area contributed by atoms with E-state index in [1.54, 1.807) is 6.07 Å². The minimum Gasteiger partial charge on any atom is -0.399 e. The number of hydrogen-bond acceptors (Lipinski definition) is 4. The molecule has 0 bridgehead atoms. The van der Waals surface area contributed by atoms with Gasteiger partial charge < -0.3 is 11.5 Å². The number of carbonyl (C=O) groups is 1. The van der Waals surface area contributed by atoms with Crippen molar-refractivity contribution in [2.75, 3.05) is 12.3 Å². The molecule has 1 aromatic rings. The van der Waals surface area contributed by atoms with Gasteiger partial charge in [0, 0.05) is 22.7 Å². The van der Waals surface area contributed by atoms with Crippen LogP contribution in [0, 0.1) is 5.92 Å². The predicted molar refractivity (Wildman–Crippen MR) is 83.8 cm³/mol. The first-order valence-corrected chi connectivity index (χ1v) is 8.83. The van der Waals surface area contributed by atoms with Gasteiger partial charge in [-0.15, -0.1) is 0 Å². The van der Waals surface area contributed by atoms with E-state index < -0.39 is 21.8 Å². The largest absolute Gasteiger partial charge is 0.399 e. The Balaban J connectivity index is 2.39. The monoisotopic (exact) mass is 375 g/mol. The third-order valence-electron chi connectivity index (χ3n) is 3.77. The zero-order valence-corrected chi connectivity index (χ0v) is 14.0. The van der Waals surface area contributed by atoms with Crippen LogP contribution in [-0.4, -0.2) is 31.2 Å². The van der Waals surface area contributed by atoms with E-state index in [2.05, 4.69) is 15.9 Å². The third-order valence-corrected chi connectivity index (χ3v) is 6.73. The summed E-state index contributed by atoms with van der Waals surface area (Å²) >= 11 is 3.24. The molecule has 6 nitrogen and oxygen atoms in total. The van der Waals surface area contributed by atoms with E-state index in [0.717, 1.165) is 0 Å². The SMILES string of the molecule is CC1CCC(C(N)=O)CN1S(=O)(=O)c1ccc(N)cc1Br. The first-order chi connectivity index (χ1) is 9.73. The molecule has 2 rings (SSSR count). The van der Waals surface area contributed by atoms with Gasteiger partial charge in [-0.3, -0.25) is 4.79 Å². The number of benzene rings is 1. The number of nitrogens with two attached hydrogens (primary N) is 2. The second-order valence-corrected chi connectivity index (χ2v) is 8.00. The Hall–Kier alpha value is -1.12. The summed E-state index contributed by atoms with van der Waals surface area (Å²) in [6, 6.07) is 4.38. The Bertz CT molecular complexity index is 663. The minimum atomic E-state index is -3.70. The summed E-state index contributed by atoms with van der Waals surface area (Å²) in [6.45, 7) is 1.95. The first-order valence-electron chi connectivity index (χ1n) is 6.59. The van der Waals surface area contributed by atoms with Crippen LogP contribution in [0.15, 0.2) is 27.6 Å². The molecule has 1 amide bonds. The zero-order valence-electron chi connectivity index (χ0n) is 11.6. The number of carbonyl (C=O) groups excluding carboxylic acids is 1. The smallest absolute Gasteiger partial charge is 0.244 e. The van der Waals surface area contributed by atoms with Crippen molar-refractivity contribution in [3.8, 4) is 0 Å². The van der Waals surface area contributed by atoms with Gasteiger partial charge in [0.15, 0.2) is 0 Å². The molecule has 1 aliphatic heterocycles. The number of nitrogen functional groups attached to an aromatic ring is 1. The summed E-state index contributed by atoms with van der Waals surface area (Å²) in [7, 11) is -3.70. The molecule has 1 aromatic carbocycles. The first kappa shape index (κ1) is 16.3. The number of anilines is 1. The molecule has 1 fully saturated rings. The van der Waals surface area contributed by atoms with Crippen molar-refractivity contribution >= 4 is 37.5 Å². The summed E-state index contributed by atoms with van der Waals surface area (Å²) < 4.78 is 27.4. The van der Waals surface area contributed by atoms with E-state index in [4.69, 9.17) is 11.5 Å².